The van der Waals surface area contributed by atoms with Crippen LogP contribution in [0.3, 0.4) is 0 Å². The Balaban J connectivity index is 1.61. The van der Waals surface area contributed by atoms with Crippen molar-refractivity contribution >= 4 is 7.14 Å². The van der Waals surface area contributed by atoms with Crippen LogP contribution in [0.4, 0.5) is 0 Å². The summed E-state index contributed by atoms with van der Waals surface area (Å²) in [5.41, 5.74) is 1.03. The molecule has 4 fully saturated rings. The molecule has 3 heteroatoms. The lowest BCUT2D eigenvalue weighted by molar-refractivity contribution is 0.428. The van der Waals surface area contributed by atoms with Gasteiger partial charge in [-0.3, -0.25) is 0 Å². The fraction of sp³-hybridized carbons (Fsp3) is 0.941. The molecule has 0 N–H and O–H groups in total. The van der Waals surface area contributed by atoms with Crippen LogP contribution in [-0.4, -0.2) is 17.5 Å². The SMILES string of the molecule is N#CCCP(=O)(C1CC2CCC1C2)C1CC2CCC1C2. The fourth-order valence-electron chi connectivity index (χ4n) is 6.30. The van der Waals surface area contributed by atoms with Crippen molar-refractivity contribution in [3.63, 3.8) is 0 Å². The lowest BCUT2D eigenvalue weighted by Crippen LogP contribution is -2.29. The van der Waals surface area contributed by atoms with Crippen LogP contribution in [0.25, 0.3) is 0 Å². The summed E-state index contributed by atoms with van der Waals surface area (Å²) in [6.45, 7) is 0. The topological polar surface area (TPSA) is 40.9 Å². The number of nitrogens with zero attached hydrogens (tertiary/aromatic N) is 1. The molecule has 4 rings (SSSR count). The quantitative estimate of drug-likeness (QED) is 0.708. The van der Waals surface area contributed by atoms with E-state index in [0.717, 1.165) is 29.8 Å². The Morgan fingerprint density at radius 2 is 1.45 bits per heavy atom. The zero-order valence-electron chi connectivity index (χ0n) is 12.3. The Morgan fingerprint density at radius 1 is 0.900 bits per heavy atom. The van der Waals surface area contributed by atoms with Gasteiger partial charge >= 0.3 is 0 Å². The highest BCUT2D eigenvalue weighted by Gasteiger charge is 2.55. The van der Waals surface area contributed by atoms with Crippen molar-refractivity contribution in [1.29, 1.82) is 5.26 Å². The monoisotopic (exact) mass is 291 g/mol. The van der Waals surface area contributed by atoms with Gasteiger partial charge in [0.2, 0.25) is 0 Å². The molecule has 0 saturated heterocycles. The first kappa shape index (κ1) is 13.4. The molecule has 0 radical (unpaired) electrons. The summed E-state index contributed by atoms with van der Waals surface area (Å²) in [5, 5.41) is 9.01. The van der Waals surface area contributed by atoms with E-state index in [9.17, 15) is 4.57 Å². The lowest BCUT2D eigenvalue weighted by atomic mass is 9.99. The van der Waals surface area contributed by atoms with Gasteiger partial charge in [0.15, 0.2) is 0 Å². The Bertz CT molecular complexity index is 450. The molecule has 4 bridgehead atoms. The summed E-state index contributed by atoms with van der Waals surface area (Å²) in [6.07, 6.45) is 11.9. The van der Waals surface area contributed by atoms with Gasteiger partial charge in [-0.1, -0.05) is 12.8 Å². The lowest BCUT2D eigenvalue weighted by Gasteiger charge is -2.38. The van der Waals surface area contributed by atoms with Gasteiger partial charge in [-0.05, 0) is 62.2 Å². The van der Waals surface area contributed by atoms with E-state index in [4.69, 9.17) is 5.26 Å². The largest absolute Gasteiger partial charge is 0.323 e. The van der Waals surface area contributed by atoms with Gasteiger partial charge in [-0.15, -0.1) is 0 Å². The number of hydrogen-bond donors (Lipinski definition) is 0. The van der Waals surface area contributed by atoms with Crippen molar-refractivity contribution in [2.24, 2.45) is 23.7 Å². The molecule has 4 aliphatic rings. The van der Waals surface area contributed by atoms with Crippen LogP contribution in [0, 0.1) is 35.0 Å². The van der Waals surface area contributed by atoms with Crippen LogP contribution >= 0.6 is 7.14 Å². The van der Waals surface area contributed by atoms with Crippen molar-refractivity contribution in [1.82, 2.24) is 0 Å². The smallest absolute Gasteiger partial charge is 0.0951 e. The molecular formula is C17H26NOP. The molecule has 4 aliphatic carbocycles. The molecule has 0 aromatic rings. The zero-order valence-corrected chi connectivity index (χ0v) is 13.2. The first-order valence-corrected chi connectivity index (χ1v) is 10.7. The maximum absolute atomic E-state index is 14.0. The highest BCUT2D eigenvalue weighted by Crippen LogP contribution is 2.71. The van der Waals surface area contributed by atoms with Crippen LogP contribution in [0.1, 0.15) is 57.8 Å². The van der Waals surface area contributed by atoms with Gasteiger partial charge in [0.05, 0.1) is 13.2 Å². The number of nitriles is 1. The molecule has 0 spiro atoms. The average Bonchev–Trinajstić information content (AvgIpc) is 3.23. The molecule has 0 aromatic carbocycles. The second-order valence-corrected chi connectivity index (χ2v) is 11.5. The number of fused-ring (bicyclic) bond motifs is 4. The van der Waals surface area contributed by atoms with Gasteiger partial charge in [-0.25, -0.2) is 0 Å². The first-order valence-electron chi connectivity index (χ1n) is 8.66. The van der Waals surface area contributed by atoms with Crippen molar-refractivity contribution in [2.45, 2.75) is 69.1 Å². The van der Waals surface area contributed by atoms with Gasteiger partial charge in [0, 0.05) is 23.9 Å². The predicted octanol–water partition coefficient (Wildman–Crippen LogP) is 4.64. The standard InChI is InChI=1S/C17H26NOP/c18-6-1-7-20(19,16-10-12-2-4-14(16)8-12)17-11-13-3-5-15(17)9-13/h12-17H,1-5,7-11H2. The van der Waals surface area contributed by atoms with E-state index >= 15 is 0 Å². The summed E-state index contributed by atoms with van der Waals surface area (Å²) in [4.78, 5) is 0. The summed E-state index contributed by atoms with van der Waals surface area (Å²) < 4.78 is 14.0. The van der Waals surface area contributed by atoms with Crippen molar-refractivity contribution in [3.8, 4) is 6.07 Å². The van der Waals surface area contributed by atoms with E-state index in [2.05, 4.69) is 6.07 Å². The van der Waals surface area contributed by atoms with Crippen LogP contribution in [-0.2, 0) is 4.57 Å². The summed E-state index contributed by atoms with van der Waals surface area (Å²) in [6, 6.07) is 2.29. The van der Waals surface area contributed by atoms with E-state index in [1.54, 1.807) is 0 Å². The summed E-state index contributed by atoms with van der Waals surface area (Å²) in [7, 11) is -2.14. The third-order valence-corrected chi connectivity index (χ3v) is 11.5. The predicted molar refractivity (Wildman–Crippen MR) is 81.2 cm³/mol. The number of rotatable bonds is 4. The van der Waals surface area contributed by atoms with Crippen LogP contribution < -0.4 is 0 Å². The molecule has 6 atom stereocenters. The third kappa shape index (κ3) is 1.93. The maximum Gasteiger partial charge on any atom is 0.0951 e. The van der Waals surface area contributed by atoms with E-state index in [1.165, 1.54) is 51.4 Å². The summed E-state index contributed by atoms with van der Waals surface area (Å²) in [5.74, 6) is 3.25. The van der Waals surface area contributed by atoms with E-state index in [1.807, 2.05) is 0 Å². The van der Waals surface area contributed by atoms with E-state index < -0.39 is 7.14 Å². The van der Waals surface area contributed by atoms with Gasteiger partial charge in [0.1, 0.15) is 0 Å². The second-order valence-electron chi connectivity index (χ2n) is 7.97. The first-order chi connectivity index (χ1) is 9.70. The van der Waals surface area contributed by atoms with Crippen LogP contribution in [0.15, 0.2) is 0 Å². The minimum Gasteiger partial charge on any atom is -0.323 e. The maximum atomic E-state index is 14.0. The Hall–Kier alpha value is -0.280. The zero-order chi connectivity index (χ0) is 13.7. The minimum atomic E-state index is -2.14. The molecule has 0 heterocycles. The van der Waals surface area contributed by atoms with Crippen molar-refractivity contribution in [3.05, 3.63) is 0 Å². The fourth-order valence-corrected chi connectivity index (χ4v) is 11.2. The van der Waals surface area contributed by atoms with Gasteiger partial charge in [-0.2, -0.15) is 5.26 Å². The Kier molecular flexibility index (Phi) is 3.26. The molecular weight excluding hydrogens is 265 g/mol. The van der Waals surface area contributed by atoms with Crippen molar-refractivity contribution < 1.29 is 4.57 Å². The Morgan fingerprint density at radius 3 is 1.80 bits per heavy atom. The van der Waals surface area contributed by atoms with Gasteiger partial charge in [0.25, 0.3) is 0 Å². The van der Waals surface area contributed by atoms with Crippen molar-refractivity contribution in [2.75, 3.05) is 6.16 Å². The molecule has 6 unspecified atom stereocenters. The number of hydrogen-bond acceptors (Lipinski definition) is 2. The minimum absolute atomic E-state index is 0.513. The third-order valence-electron chi connectivity index (χ3n) is 7.10. The Labute approximate surface area is 122 Å². The summed E-state index contributed by atoms with van der Waals surface area (Å²) >= 11 is 0. The molecule has 110 valence electrons. The van der Waals surface area contributed by atoms with E-state index in [0.29, 0.717) is 17.7 Å². The molecule has 4 saturated carbocycles. The molecule has 0 amide bonds. The average molecular weight is 291 g/mol. The second kappa shape index (κ2) is 4.88. The highest BCUT2D eigenvalue weighted by atomic mass is 31.2. The molecule has 20 heavy (non-hydrogen) atoms. The van der Waals surface area contributed by atoms with Gasteiger partial charge < -0.3 is 4.57 Å². The van der Waals surface area contributed by atoms with Crippen LogP contribution in [0.2, 0.25) is 0 Å². The highest BCUT2D eigenvalue weighted by molar-refractivity contribution is 7.65. The van der Waals surface area contributed by atoms with Crippen LogP contribution in [0.5, 0.6) is 0 Å². The normalized spacial score (nSPS) is 48.4. The molecule has 2 nitrogen and oxygen atoms in total. The molecule has 0 aromatic heterocycles. The molecule has 0 aliphatic heterocycles. The van der Waals surface area contributed by atoms with E-state index in [-0.39, 0.29) is 0 Å².